The Morgan fingerprint density at radius 3 is 3.00 bits per heavy atom. The smallest absolute Gasteiger partial charge is 0.236 e. The van der Waals surface area contributed by atoms with Gasteiger partial charge in [0.2, 0.25) is 5.91 Å². The van der Waals surface area contributed by atoms with E-state index in [0.717, 1.165) is 39.0 Å². The van der Waals surface area contributed by atoms with Crippen molar-refractivity contribution in [3.05, 3.63) is 0 Å². The van der Waals surface area contributed by atoms with Gasteiger partial charge in [0.1, 0.15) is 0 Å². The fourth-order valence-corrected chi connectivity index (χ4v) is 2.46. The molecular formula is C11H21N3O. The normalized spacial score (nSPS) is 29.5. The lowest BCUT2D eigenvalue weighted by Crippen LogP contribution is -2.51. The Morgan fingerprint density at radius 2 is 2.33 bits per heavy atom. The van der Waals surface area contributed by atoms with Crippen LogP contribution in [0.4, 0.5) is 0 Å². The van der Waals surface area contributed by atoms with Crippen LogP contribution in [0, 0.1) is 5.92 Å². The molecule has 0 spiro atoms. The molecule has 0 bridgehead atoms. The molecule has 0 aliphatic carbocycles. The van der Waals surface area contributed by atoms with E-state index >= 15 is 0 Å². The summed E-state index contributed by atoms with van der Waals surface area (Å²) in [5.41, 5.74) is 0. The van der Waals surface area contributed by atoms with Crippen LogP contribution >= 0.6 is 0 Å². The Bertz CT molecular complexity index is 226. The molecule has 86 valence electrons. The topological polar surface area (TPSA) is 35.6 Å². The minimum Gasteiger partial charge on any atom is -0.316 e. The number of piperidine rings is 1. The lowest BCUT2D eigenvalue weighted by molar-refractivity contribution is -0.154. The van der Waals surface area contributed by atoms with Gasteiger partial charge < -0.3 is 5.32 Å². The van der Waals surface area contributed by atoms with Crippen LogP contribution in [0.2, 0.25) is 0 Å². The molecule has 2 heterocycles. The van der Waals surface area contributed by atoms with Crippen molar-refractivity contribution < 1.29 is 4.79 Å². The monoisotopic (exact) mass is 211 g/mol. The lowest BCUT2D eigenvalue weighted by Gasteiger charge is -2.38. The van der Waals surface area contributed by atoms with Gasteiger partial charge >= 0.3 is 0 Å². The molecule has 0 saturated carbocycles. The first-order chi connectivity index (χ1) is 7.27. The number of rotatable bonds is 2. The average molecular weight is 211 g/mol. The summed E-state index contributed by atoms with van der Waals surface area (Å²) < 4.78 is 0. The van der Waals surface area contributed by atoms with Crippen LogP contribution < -0.4 is 5.32 Å². The average Bonchev–Trinajstić information content (AvgIpc) is 2.25. The summed E-state index contributed by atoms with van der Waals surface area (Å²) in [6.07, 6.45) is 4.24. The highest BCUT2D eigenvalue weighted by Gasteiger charge is 2.26. The number of hydrogen-bond donors (Lipinski definition) is 1. The maximum atomic E-state index is 11.7. The predicted molar refractivity (Wildman–Crippen MR) is 59.2 cm³/mol. The molecule has 1 N–H and O–H groups in total. The largest absolute Gasteiger partial charge is 0.316 e. The van der Waals surface area contributed by atoms with Crippen LogP contribution in [0.15, 0.2) is 0 Å². The van der Waals surface area contributed by atoms with E-state index in [2.05, 4.69) is 10.3 Å². The Labute approximate surface area is 91.6 Å². The molecule has 2 aliphatic rings. The highest BCUT2D eigenvalue weighted by Crippen LogP contribution is 2.16. The summed E-state index contributed by atoms with van der Waals surface area (Å²) in [4.78, 5) is 11.7. The summed E-state index contributed by atoms with van der Waals surface area (Å²) >= 11 is 0. The summed E-state index contributed by atoms with van der Waals surface area (Å²) in [5.74, 6) is 0.942. The third-order valence-electron chi connectivity index (χ3n) is 3.40. The van der Waals surface area contributed by atoms with E-state index in [1.165, 1.54) is 12.8 Å². The van der Waals surface area contributed by atoms with Gasteiger partial charge in [-0.3, -0.25) is 9.80 Å². The molecular weight excluding hydrogens is 190 g/mol. The van der Waals surface area contributed by atoms with E-state index < -0.39 is 0 Å². The molecule has 4 heteroatoms. The number of carbonyl (C=O) groups excluding carboxylic acids is 1. The maximum Gasteiger partial charge on any atom is 0.236 e. The summed E-state index contributed by atoms with van der Waals surface area (Å²) in [6, 6.07) is 0. The molecule has 2 rings (SSSR count). The molecule has 2 aliphatic heterocycles. The van der Waals surface area contributed by atoms with Crippen molar-refractivity contribution >= 4 is 5.91 Å². The molecule has 0 aromatic heterocycles. The summed E-state index contributed by atoms with van der Waals surface area (Å²) in [7, 11) is 2.02. The molecule has 0 aromatic carbocycles. The third kappa shape index (κ3) is 2.69. The highest BCUT2D eigenvalue weighted by atomic mass is 16.2. The Kier molecular flexibility index (Phi) is 3.59. The molecule has 0 radical (unpaired) electrons. The van der Waals surface area contributed by atoms with E-state index in [4.69, 9.17) is 0 Å². The van der Waals surface area contributed by atoms with Crippen molar-refractivity contribution in [1.82, 2.24) is 15.3 Å². The molecule has 0 aromatic rings. The van der Waals surface area contributed by atoms with Crippen molar-refractivity contribution in [2.24, 2.45) is 5.92 Å². The van der Waals surface area contributed by atoms with Crippen LogP contribution in [0.3, 0.4) is 0 Å². The number of carbonyl (C=O) groups is 1. The van der Waals surface area contributed by atoms with E-state index in [1.807, 2.05) is 12.1 Å². The SMILES string of the molecule is CN1CCCC(=O)N1CC1CCCNC1. The minimum atomic E-state index is 0.300. The van der Waals surface area contributed by atoms with Gasteiger partial charge in [0.15, 0.2) is 0 Å². The standard InChI is InChI=1S/C11H21N3O/c1-13-7-3-5-11(15)14(13)9-10-4-2-6-12-8-10/h10,12H,2-9H2,1H3. The Morgan fingerprint density at radius 1 is 1.47 bits per heavy atom. The van der Waals surface area contributed by atoms with Gasteiger partial charge in [0.25, 0.3) is 0 Å². The van der Waals surface area contributed by atoms with Gasteiger partial charge in [-0.15, -0.1) is 0 Å². The zero-order valence-electron chi connectivity index (χ0n) is 9.54. The van der Waals surface area contributed by atoms with Gasteiger partial charge in [0, 0.05) is 26.6 Å². The van der Waals surface area contributed by atoms with Gasteiger partial charge in [-0.05, 0) is 38.3 Å². The van der Waals surface area contributed by atoms with Crippen molar-refractivity contribution in [3.63, 3.8) is 0 Å². The van der Waals surface area contributed by atoms with Crippen molar-refractivity contribution in [3.8, 4) is 0 Å². The summed E-state index contributed by atoms with van der Waals surface area (Å²) in [5, 5.41) is 7.43. The van der Waals surface area contributed by atoms with Crippen molar-refractivity contribution in [2.45, 2.75) is 25.7 Å². The quantitative estimate of drug-likeness (QED) is 0.720. The van der Waals surface area contributed by atoms with Crippen molar-refractivity contribution in [1.29, 1.82) is 0 Å². The minimum absolute atomic E-state index is 0.300. The molecule has 1 atom stereocenters. The second kappa shape index (κ2) is 4.94. The molecule has 4 nitrogen and oxygen atoms in total. The first-order valence-electron chi connectivity index (χ1n) is 5.99. The first-order valence-corrected chi connectivity index (χ1v) is 5.99. The number of nitrogens with one attached hydrogen (secondary N) is 1. The Hall–Kier alpha value is -0.610. The van der Waals surface area contributed by atoms with Crippen LogP contribution in [-0.2, 0) is 4.79 Å². The number of amides is 1. The number of hydrogen-bond acceptors (Lipinski definition) is 3. The fraction of sp³-hybridized carbons (Fsp3) is 0.909. The second-order valence-electron chi connectivity index (χ2n) is 4.67. The zero-order chi connectivity index (χ0) is 10.7. The van der Waals surface area contributed by atoms with Crippen LogP contribution in [0.1, 0.15) is 25.7 Å². The van der Waals surface area contributed by atoms with Crippen LogP contribution in [0.25, 0.3) is 0 Å². The predicted octanol–water partition coefficient (Wildman–Crippen LogP) is 0.455. The van der Waals surface area contributed by atoms with E-state index in [1.54, 1.807) is 0 Å². The van der Waals surface area contributed by atoms with E-state index in [0.29, 0.717) is 11.8 Å². The second-order valence-corrected chi connectivity index (χ2v) is 4.67. The van der Waals surface area contributed by atoms with Crippen molar-refractivity contribution in [2.75, 3.05) is 33.2 Å². The molecule has 2 fully saturated rings. The lowest BCUT2D eigenvalue weighted by atomic mass is 9.99. The van der Waals surface area contributed by atoms with Crippen LogP contribution in [0.5, 0.6) is 0 Å². The number of nitrogens with zero attached hydrogens (tertiary/aromatic N) is 2. The molecule has 1 unspecified atom stereocenters. The Balaban J connectivity index is 1.87. The maximum absolute atomic E-state index is 11.7. The van der Waals surface area contributed by atoms with Gasteiger partial charge in [0.05, 0.1) is 0 Å². The van der Waals surface area contributed by atoms with Crippen LogP contribution in [-0.4, -0.2) is 49.2 Å². The third-order valence-corrected chi connectivity index (χ3v) is 3.40. The highest BCUT2D eigenvalue weighted by molar-refractivity contribution is 5.76. The first kappa shape index (κ1) is 10.9. The van der Waals surface area contributed by atoms with E-state index in [9.17, 15) is 4.79 Å². The number of hydrazine groups is 1. The molecule has 2 saturated heterocycles. The summed E-state index contributed by atoms with van der Waals surface area (Å²) in [6.45, 7) is 4.13. The fourth-order valence-electron chi connectivity index (χ4n) is 2.46. The van der Waals surface area contributed by atoms with E-state index in [-0.39, 0.29) is 0 Å². The van der Waals surface area contributed by atoms with Gasteiger partial charge in [-0.25, -0.2) is 5.01 Å². The molecule has 15 heavy (non-hydrogen) atoms. The van der Waals surface area contributed by atoms with Gasteiger partial charge in [-0.1, -0.05) is 0 Å². The molecule has 1 amide bonds. The van der Waals surface area contributed by atoms with Gasteiger partial charge in [-0.2, -0.15) is 0 Å². The zero-order valence-corrected chi connectivity index (χ0v) is 9.54.